The van der Waals surface area contributed by atoms with Crippen molar-refractivity contribution < 1.29 is 4.74 Å². The normalized spacial score (nSPS) is 22.6. The number of nitrogens with zero attached hydrogens (tertiary/aromatic N) is 1. The number of ether oxygens (including phenoxy) is 1. The number of benzene rings is 1. The van der Waals surface area contributed by atoms with Gasteiger partial charge in [-0.05, 0) is 29.7 Å². The summed E-state index contributed by atoms with van der Waals surface area (Å²) in [6, 6.07) is 4.63. The van der Waals surface area contributed by atoms with Crippen LogP contribution in [0.4, 0.5) is 0 Å². The van der Waals surface area contributed by atoms with Crippen molar-refractivity contribution in [2.24, 2.45) is 0 Å². The third-order valence-electron chi connectivity index (χ3n) is 4.12. The van der Waals surface area contributed by atoms with Crippen molar-refractivity contribution in [2.45, 2.75) is 38.6 Å². The SMILES string of the molecule is CN1Cc2cc(C(C)(C)C)cc3c2C(C=CCO3)C1. The number of rotatable bonds is 0. The van der Waals surface area contributed by atoms with Crippen LogP contribution < -0.4 is 4.74 Å². The zero-order valence-electron chi connectivity index (χ0n) is 12.4. The molecule has 0 saturated carbocycles. The molecule has 0 saturated heterocycles. The molecule has 2 aliphatic rings. The van der Waals surface area contributed by atoms with Crippen LogP contribution in [-0.4, -0.2) is 25.1 Å². The highest BCUT2D eigenvalue weighted by Crippen LogP contribution is 2.40. The average molecular weight is 257 g/mol. The van der Waals surface area contributed by atoms with E-state index in [4.69, 9.17) is 4.74 Å². The van der Waals surface area contributed by atoms with Crippen molar-refractivity contribution in [1.82, 2.24) is 4.90 Å². The number of hydrogen-bond acceptors (Lipinski definition) is 2. The van der Waals surface area contributed by atoms with E-state index < -0.39 is 0 Å². The van der Waals surface area contributed by atoms with E-state index in [0.717, 1.165) is 18.8 Å². The quantitative estimate of drug-likeness (QED) is 0.660. The fourth-order valence-electron chi connectivity index (χ4n) is 3.09. The topological polar surface area (TPSA) is 12.5 Å². The summed E-state index contributed by atoms with van der Waals surface area (Å²) >= 11 is 0. The highest BCUT2D eigenvalue weighted by atomic mass is 16.5. The second-order valence-corrected chi connectivity index (χ2v) is 6.84. The summed E-state index contributed by atoms with van der Waals surface area (Å²) in [4.78, 5) is 2.40. The Hall–Kier alpha value is -1.28. The molecule has 0 radical (unpaired) electrons. The average Bonchev–Trinajstić information content (AvgIpc) is 2.51. The first-order valence-electron chi connectivity index (χ1n) is 7.10. The third kappa shape index (κ3) is 2.30. The first kappa shape index (κ1) is 12.7. The molecular formula is C17H23NO. The lowest BCUT2D eigenvalue weighted by Crippen LogP contribution is -2.30. The first-order valence-corrected chi connectivity index (χ1v) is 7.10. The predicted molar refractivity (Wildman–Crippen MR) is 78.9 cm³/mol. The molecule has 1 atom stereocenters. The molecule has 2 nitrogen and oxygen atoms in total. The van der Waals surface area contributed by atoms with E-state index in [0.29, 0.717) is 12.5 Å². The molecule has 3 rings (SSSR count). The fourth-order valence-corrected chi connectivity index (χ4v) is 3.09. The second-order valence-electron chi connectivity index (χ2n) is 6.84. The Kier molecular flexibility index (Phi) is 2.94. The van der Waals surface area contributed by atoms with Gasteiger partial charge in [0, 0.05) is 24.6 Å². The van der Waals surface area contributed by atoms with E-state index in [1.54, 1.807) is 0 Å². The van der Waals surface area contributed by atoms with E-state index in [9.17, 15) is 0 Å². The maximum atomic E-state index is 5.96. The predicted octanol–water partition coefficient (Wildman–Crippen LogP) is 3.46. The minimum absolute atomic E-state index is 0.167. The molecule has 0 fully saturated rings. The van der Waals surface area contributed by atoms with E-state index >= 15 is 0 Å². The van der Waals surface area contributed by atoms with Crippen LogP contribution in [-0.2, 0) is 12.0 Å². The van der Waals surface area contributed by atoms with Crippen molar-refractivity contribution in [3.8, 4) is 5.75 Å². The van der Waals surface area contributed by atoms with Gasteiger partial charge in [0.1, 0.15) is 12.4 Å². The third-order valence-corrected chi connectivity index (χ3v) is 4.12. The van der Waals surface area contributed by atoms with Crippen molar-refractivity contribution >= 4 is 0 Å². The molecule has 19 heavy (non-hydrogen) atoms. The van der Waals surface area contributed by atoms with Crippen molar-refractivity contribution in [2.75, 3.05) is 20.2 Å². The highest BCUT2D eigenvalue weighted by Gasteiger charge is 2.28. The van der Waals surface area contributed by atoms with Crippen molar-refractivity contribution in [1.29, 1.82) is 0 Å². The Morgan fingerprint density at radius 2 is 2.05 bits per heavy atom. The summed E-state index contributed by atoms with van der Waals surface area (Å²) < 4.78 is 5.96. The molecule has 102 valence electrons. The van der Waals surface area contributed by atoms with E-state index in [2.05, 4.69) is 57.0 Å². The van der Waals surface area contributed by atoms with Crippen LogP contribution in [0.5, 0.6) is 5.75 Å². The fraction of sp³-hybridized carbons (Fsp3) is 0.529. The molecular weight excluding hydrogens is 234 g/mol. The molecule has 2 heterocycles. The highest BCUT2D eigenvalue weighted by molar-refractivity contribution is 5.51. The molecule has 0 aliphatic carbocycles. The Morgan fingerprint density at radius 3 is 2.79 bits per heavy atom. The van der Waals surface area contributed by atoms with Crippen molar-refractivity contribution in [3.63, 3.8) is 0 Å². The summed E-state index contributed by atoms with van der Waals surface area (Å²) in [5.74, 6) is 1.59. The summed E-state index contributed by atoms with van der Waals surface area (Å²) in [5.41, 5.74) is 4.39. The molecule has 2 aliphatic heterocycles. The van der Waals surface area contributed by atoms with Gasteiger partial charge in [0.05, 0.1) is 0 Å². The molecule has 0 bridgehead atoms. The second kappa shape index (κ2) is 4.38. The summed E-state index contributed by atoms with van der Waals surface area (Å²) in [6.45, 7) is 9.61. The van der Waals surface area contributed by atoms with Gasteiger partial charge in [0.25, 0.3) is 0 Å². The lowest BCUT2D eigenvalue weighted by atomic mass is 9.81. The van der Waals surface area contributed by atoms with Crippen LogP contribution in [0.2, 0.25) is 0 Å². The van der Waals surface area contributed by atoms with Gasteiger partial charge in [-0.1, -0.05) is 39.0 Å². The molecule has 0 amide bonds. The Bertz CT molecular complexity index is 525. The van der Waals surface area contributed by atoms with Crippen LogP contribution in [0.15, 0.2) is 24.3 Å². The van der Waals surface area contributed by atoms with Gasteiger partial charge < -0.3 is 9.64 Å². The van der Waals surface area contributed by atoms with E-state index in [1.165, 1.54) is 16.7 Å². The summed E-state index contributed by atoms with van der Waals surface area (Å²) in [7, 11) is 2.20. The van der Waals surface area contributed by atoms with Gasteiger partial charge in [0.2, 0.25) is 0 Å². The van der Waals surface area contributed by atoms with Gasteiger partial charge in [-0.25, -0.2) is 0 Å². The monoisotopic (exact) mass is 257 g/mol. The van der Waals surface area contributed by atoms with Crippen molar-refractivity contribution in [3.05, 3.63) is 41.0 Å². The van der Waals surface area contributed by atoms with Crippen LogP contribution in [0.25, 0.3) is 0 Å². The Labute approximate surface area is 116 Å². The summed E-state index contributed by atoms with van der Waals surface area (Å²) in [5, 5.41) is 0. The van der Waals surface area contributed by atoms with Crippen LogP contribution in [0, 0.1) is 0 Å². The smallest absolute Gasteiger partial charge is 0.124 e. The van der Waals surface area contributed by atoms with E-state index in [1.807, 2.05) is 0 Å². The Balaban J connectivity index is 2.17. The first-order chi connectivity index (χ1) is 8.95. The minimum Gasteiger partial charge on any atom is -0.489 e. The molecule has 2 heteroatoms. The molecule has 1 unspecified atom stereocenters. The standard InChI is InChI=1S/C17H23NO/c1-17(2,3)14-8-13-11-18(4)10-12-6-5-7-19-15(9-14)16(12)13/h5-6,8-9,12H,7,10-11H2,1-4H3. The number of hydrogen-bond donors (Lipinski definition) is 0. The van der Waals surface area contributed by atoms with Gasteiger partial charge >= 0.3 is 0 Å². The molecule has 1 aromatic carbocycles. The van der Waals surface area contributed by atoms with Gasteiger partial charge in [-0.15, -0.1) is 0 Å². The van der Waals surface area contributed by atoms with E-state index in [-0.39, 0.29) is 5.41 Å². The molecule has 0 aromatic heterocycles. The largest absolute Gasteiger partial charge is 0.489 e. The van der Waals surface area contributed by atoms with Gasteiger partial charge in [-0.3, -0.25) is 0 Å². The zero-order valence-corrected chi connectivity index (χ0v) is 12.4. The molecule has 1 aromatic rings. The lowest BCUT2D eigenvalue weighted by Gasteiger charge is -2.33. The Morgan fingerprint density at radius 1 is 1.26 bits per heavy atom. The van der Waals surface area contributed by atoms with Gasteiger partial charge in [-0.2, -0.15) is 0 Å². The molecule has 0 N–H and O–H groups in total. The van der Waals surface area contributed by atoms with Gasteiger partial charge in [0.15, 0.2) is 0 Å². The maximum Gasteiger partial charge on any atom is 0.124 e. The maximum absolute atomic E-state index is 5.96. The summed E-state index contributed by atoms with van der Waals surface area (Å²) in [6.07, 6.45) is 4.46. The zero-order chi connectivity index (χ0) is 13.6. The minimum atomic E-state index is 0.167. The van der Waals surface area contributed by atoms with Crippen LogP contribution in [0.1, 0.15) is 43.4 Å². The van der Waals surface area contributed by atoms with Crippen LogP contribution >= 0.6 is 0 Å². The lowest BCUT2D eigenvalue weighted by molar-refractivity contribution is 0.291. The number of likely N-dealkylation sites (N-methyl/N-ethyl adjacent to an activating group) is 1. The molecule has 0 spiro atoms. The van der Waals surface area contributed by atoms with Crippen LogP contribution in [0.3, 0.4) is 0 Å².